The van der Waals surface area contributed by atoms with Crippen molar-refractivity contribution in [1.82, 2.24) is 19.5 Å². The summed E-state index contributed by atoms with van der Waals surface area (Å²) in [5, 5.41) is 0. The van der Waals surface area contributed by atoms with E-state index >= 15 is 0 Å². The summed E-state index contributed by atoms with van der Waals surface area (Å²) < 4.78 is 6.31. The molecular formula is C11H13N5O3. The summed E-state index contributed by atoms with van der Waals surface area (Å²) in [7, 11) is 0. The number of esters is 1. The minimum atomic E-state index is -0.428. The highest BCUT2D eigenvalue weighted by Gasteiger charge is 2.08. The summed E-state index contributed by atoms with van der Waals surface area (Å²) >= 11 is 0. The van der Waals surface area contributed by atoms with Gasteiger partial charge in [0.05, 0.1) is 12.9 Å². The second kappa shape index (κ2) is 5.34. The zero-order valence-electron chi connectivity index (χ0n) is 10.3. The maximum atomic E-state index is 11.7. The van der Waals surface area contributed by atoms with Gasteiger partial charge < -0.3 is 15.0 Å². The summed E-state index contributed by atoms with van der Waals surface area (Å²) in [6.45, 7) is 2.36. The fourth-order valence-electron chi connectivity index (χ4n) is 1.59. The minimum Gasteiger partial charge on any atom is -0.463 e. The first-order valence-corrected chi connectivity index (χ1v) is 5.65. The Kier molecular flexibility index (Phi) is 3.60. The number of aromatic amines is 1. The van der Waals surface area contributed by atoms with Crippen molar-refractivity contribution in [2.24, 2.45) is 0 Å². The Balaban J connectivity index is 2.23. The molecule has 0 unspecified atom stereocenters. The number of anilines is 1. The van der Waals surface area contributed by atoms with Crippen LogP contribution >= 0.6 is 0 Å². The lowest BCUT2D eigenvalue weighted by molar-refractivity contribution is -0.137. The van der Waals surface area contributed by atoms with E-state index < -0.39 is 5.97 Å². The number of allylic oxidation sites excluding steroid dienone is 1. The van der Waals surface area contributed by atoms with Crippen LogP contribution in [-0.4, -0.2) is 32.1 Å². The molecular weight excluding hydrogens is 250 g/mol. The van der Waals surface area contributed by atoms with Gasteiger partial charge in [0.15, 0.2) is 11.2 Å². The van der Waals surface area contributed by atoms with E-state index in [1.54, 1.807) is 17.6 Å². The molecule has 0 radical (unpaired) electrons. The number of H-pyrrole nitrogens is 1. The Labute approximate surface area is 107 Å². The van der Waals surface area contributed by atoms with Gasteiger partial charge in [-0.25, -0.2) is 9.78 Å². The maximum Gasteiger partial charge on any atom is 0.330 e. The number of nitrogen functional groups attached to an aromatic ring is 1. The zero-order chi connectivity index (χ0) is 13.8. The summed E-state index contributed by atoms with van der Waals surface area (Å²) in [6, 6.07) is 0. The molecule has 0 spiro atoms. The summed E-state index contributed by atoms with van der Waals surface area (Å²) in [4.78, 5) is 33.1. The predicted molar refractivity (Wildman–Crippen MR) is 68.3 cm³/mol. The molecule has 0 saturated heterocycles. The number of nitrogens with zero attached hydrogens (tertiary/aromatic N) is 3. The molecule has 2 aromatic heterocycles. The molecule has 2 rings (SSSR count). The molecule has 0 aromatic carbocycles. The molecule has 0 saturated carbocycles. The van der Waals surface area contributed by atoms with E-state index in [1.807, 2.05) is 0 Å². The van der Waals surface area contributed by atoms with E-state index in [4.69, 9.17) is 10.5 Å². The van der Waals surface area contributed by atoms with Crippen LogP contribution in [0.5, 0.6) is 0 Å². The highest BCUT2D eigenvalue weighted by Crippen LogP contribution is 2.05. The van der Waals surface area contributed by atoms with Gasteiger partial charge in [0.1, 0.15) is 0 Å². The molecule has 2 heterocycles. The fraction of sp³-hybridized carbons (Fsp3) is 0.273. The molecule has 8 nitrogen and oxygen atoms in total. The molecule has 0 aliphatic carbocycles. The lowest BCUT2D eigenvalue weighted by atomic mass is 10.4. The number of ether oxygens (including phenoxy) is 1. The topological polar surface area (TPSA) is 116 Å². The van der Waals surface area contributed by atoms with Crippen molar-refractivity contribution in [2.45, 2.75) is 13.5 Å². The van der Waals surface area contributed by atoms with Crippen molar-refractivity contribution in [2.75, 3.05) is 12.3 Å². The Morgan fingerprint density at radius 1 is 1.63 bits per heavy atom. The van der Waals surface area contributed by atoms with Gasteiger partial charge in [-0.1, -0.05) is 6.08 Å². The molecule has 19 heavy (non-hydrogen) atoms. The maximum absolute atomic E-state index is 11.7. The summed E-state index contributed by atoms with van der Waals surface area (Å²) in [5.74, 6) is -0.409. The Morgan fingerprint density at radius 3 is 3.16 bits per heavy atom. The first kappa shape index (κ1) is 12.8. The van der Waals surface area contributed by atoms with Crippen LogP contribution in [0.25, 0.3) is 11.2 Å². The average Bonchev–Trinajstić information content (AvgIpc) is 2.72. The number of carbonyl (C=O) groups is 1. The highest BCUT2D eigenvalue weighted by atomic mass is 16.5. The first-order chi connectivity index (χ1) is 9.11. The van der Waals surface area contributed by atoms with Crippen molar-refractivity contribution in [1.29, 1.82) is 0 Å². The lowest BCUT2D eigenvalue weighted by Crippen LogP contribution is -2.14. The van der Waals surface area contributed by atoms with Crippen LogP contribution in [0.2, 0.25) is 0 Å². The van der Waals surface area contributed by atoms with Gasteiger partial charge in [-0.05, 0) is 6.92 Å². The van der Waals surface area contributed by atoms with Crippen LogP contribution in [-0.2, 0) is 16.1 Å². The number of carbonyl (C=O) groups excluding carboxylic acids is 1. The highest BCUT2D eigenvalue weighted by molar-refractivity contribution is 5.81. The van der Waals surface area contributed by atoms with Crippen LogP contribution in [0, 0.1) is 0 Å². The van der Waals surface area contributed by atoms with Crippen LogP contribution < -0.4 is 11.3 Å². The van der Waals surface area contributed by atoms with E-state index in [1.165, 1.54) is 12.4 Å². The number of nitrogens with two attached hydrogens (primary N) is 1. The number of rotatable bonds is 4. The van der Waals surface area contributed by atoms with Gasteiger partial charge in [-0.3, -0.25) is 9.78 Å². The smallest absolute Gasteiger partial charge is 0.330 e. The van der Waals surface area contributed by atoms with Crippen LogP contribution in [0.15, 0.2) is 23.3 Å². The van der Waals surface area contributed by atoms with Crippen molar-refractivity contribution in [3.05, 3.63) is 28.8 Å². The van der Waals surface area contributed by atoms with Gasteiger partial charge in [0.2, 0.25) is 5.95 Å². The molecule has 0 aliphatic rings. The number of fused-ring (bicyclic) bond motifs is 1. The third-order valence-corrected chi connectivity index (χ3v) is 2.34. The van der Waals surface area contributed by atoms with E-state index in [0.29, 0.717) is 18.7 Å². The van der Waals surface area contributed by atoms with Crippen LogP contribution in [0.1, 0.15) is 6.92 Å². The zero-order valence-corrected chi connectivity index (χ0v) is 10.3. The number of hydrogen-bond donors (Lipinski definition) is 2. The SMILES string of the molecule is CCOC(=O)/C=C/Cn1cnc2nc(N)[nH]c(=O)c21. The fourth-order valence-corrected chi connectivity index (χ4v) is 1.59. The molecule has 0 fully saturated rings. The Morgan fingerprint density at radius 2 is 2.42 bits per heavy atom. The number of aromatic nitrogens is 4. The van der Waals surface area contributed by atoms with E-state index in [2.05, 4.69) is 15.0 Å². The number of imidazole rings is 1. The van der Waals surface area contributed by atoms with Crippen LogP contribution in [0.3, 0.4) is 0 Å². The van der Waals surface area contributed by atoms with E-state index in [0.717, 1.165) is 0 Å². The Hall–Kier alpha value is -2.64. The molecule has 8 heteroatoms. The normalized spacial score (nSPS) is 11.2. The van der Waals surface area contributed by atoms with E-state index in [-0.39, 0.29) is 17.2 Å². The summed E-state index contributed by atoms with van der Waals surface area (Å²) in [5.41, 5.74) is 5.62. The largest absolute Gasteiger partial charge is 0.463 e. The number of nitrogens with one attached hydrogen (secondary N) is 1. The van der Waals surface area contributed by atoms with Gasteiger partial charge >= 0.3 is 5.97 Å². The second-order valence-corrected chi connectivity index (χ2v) is 3.67. The third kappa shape index (κ3) is 2.79. The van der Waals surface area contributed by atoms with E-state index in [9.17, 15) is 9.59 Å². The average molecular weight is 263 g/mol. The third-order valence-electron chi connectivity index (χ3n) is 2.34. The van der Waals surface area contributed by atoms with Gasteiger partial charge in [0.25, 0.3) is 5.56 Å². The van der Waals surface area contributed by atoms with Crippen molar-refractivity contribution in [3.8, 4) is 0 Å². The lowest BCUT2D eigenvalue weighted by Gasteiger charge is -1.99. The molecule has 2 aromatic rings. The van der Waals surface area contributed by atoms with Crippen LogP contribution in [0.4, 0.5) is 5.95 Å². The van der Waals surface area contributed by atoms with Gasteiger partial charge in [0, 0.05) is 12.6 Å². The molecule has 100 valence electrons. The quantitative estimate of drug-likeness (QED) is 0.584. The molecule has 0 amide bonds. The molecule has 0 atom stereocenters. The van der Waals surface area contributed by atoms with Crippen molar-refractivity contribution >= 4 is 23.1 Å². The van der Waals surface area contributed by atoms with Gasteiger partial charge in [-0.2, -0.15) is 4.98 Å². The van der Waals surface area contributed by atoms with Gasteiger partial charge in [-0.15, -0.1) is 0 Å². The monoisotopic (exact) mass is 263 g/mol. The second-order valence-electron chi connectivity index (χ2n) is 3.67. The van der Waals surface area contributed by atoms with Crippen molar-refractivity contribution < 1.29 is 9.53 Å². The van der Waals surface area contributed by atoms with Crippen molar-refractivity contribution in [3.63, 3.8) is 0 Å². The standard InChI is InChI=1S/C11H13N5O3/c1-2-19-7(17)4-3-5-16-6-13-9-8(16)10(18)15-11(12)14-9/h3-4,6H,2,5H2,1H3,(H3,12,14,15,18)/b4-3+. The Bertz CT molecular complexity index is 685. The minimum absolute atomic E-state index is 0.0183. The first-order valence-electron chi connectivity index (χ1n) is 5.65. The summed E-state index contributed by atoms with van der Waals surface area (Å²) in [6.07, 6.45) is 4.34. The molecule has 0 bridgehead atoms. The predicted octanol–water partition coefficient (Wildman–Crippen LogP) is -0.179. The molecule has 0 aliphatic heterocycles. The molecule has 3 N–H and O–H groups in total. The number of hydrogen-bond acceptors (Lipinski definition) is 6.